The van der Waals surface area contributed by atoms with Crippen molar-refractivity contribution >= 4 is 11.8 Å². The lowest BCUT2D eigenvalue weighted by atomic mass is 10.1. The van der Waals surface area contributed by atoms with E-state index in [2.05, 4.69) is 0 Å². The summed E-state index contributed by atoms with van der Waals surface area (Å²) in [4.78, 5) is 11.6. The second kappa shape index (κ2) is 2.94. The van der Waals surface area contributed by atoms with Crippen molar-refractivity contribution in [1.29, 1.82) is 0 Å². The van der Waals surface area contributed by atoms with E-state index in [4.69, 9.17) is 5.11 Å². The molecule has 3 nitrogen and oxygen atoms in total. The van der Waals surface area contributed by atoms with Gasteiger partial charge in [-0.1, -0.05) is 0 Å². The van der Waals surface area contributed by atoms with Gasteiger partial charge in [0.15, 0.2) is 0 Å². The molecule has 1 aliphatic heterocycles. The molecule has 0 aromatic heterocycles. The first kappa shape index (κ1) is 8.93. The SMILES string of the molecule is O=C(O)N1CCc2c(F)cc(F)cc21. The van der Waals surface area contributed by atoms with Crippen LogP contribution in [0.5, 0.6) is 0 Å². The van der Waals surface area contributed by atoms with Gasteiger partial charge in [0.2, 0.25) is 0 Å². The third kappa shape index (κ3) is 1.21. The Hall–Kier alpha value is -1.65. The van der Waals surface area contributed by atoms with E-state index in [0.717, 1.165) is 17.0 Å². The lowest BCUT2D eigenvalue weighted by Crippen LogP contribution is -2.26. The molecule has 0 aliphatic carbocycles. The second-order valence-electron chi connectivity index (χ2n) is 3.07. The first-order valence-electron chi connectivity index (χ1n) is 4.08. The van der Waals surface area contributed by atoms with Crippen molar-refractivity contribution in [1.82, 2.24) is 0 Å². The molecule has 1 aromatic rings. The number of anilines is 1. The van der Waals surface area contributed by atoms with E-state index in [1.165, 1.54) is 0 Å². The summed E-state index contributed by atoms with van der Waals surface area (Å²) in [7, 11) is 0. The molecule has 0 atom stereocenters. The molecule has 1 N–H and O–H groups in total. The normalized spacial score (nSPS) is 14.3. The number of benzene rings is 1. The van der Waals surface area contributed by atoms with Gasteiger partial charge in [-0.3, -0.25) is 4.90 Å². The van der Waals surface area contributed by atoms with Crippen LogP contribution in [0.15, 0.2) is 12.1 Å². The van der Waals surface area contributed by atoms with Crippen molar-refractivity contribution < 1.29 is 18.7 Å². The van der Waals surface area contributed by atoms with Crippen molar-refractivity contribution in [2.45, 2.75) is 6.42 Å². The van der Waals surface area contributed by atoms with Crippen LogP contribution in [0.1, 0.15) is 5.56 Å². The average molecular weight is 199 g/mol. The Morgan fingerprint density at radius 2 is 2.14 bits per heavy atom. The van der Waals surface area contributed by atoms with Gasteiger partial charge in [-0.2, -0.15) is 0 Å². The topological polar surface area (TPSA) is 40.5 Å². The highest BCUT2D eigenvalue weighted by Crippen LogP contribution is 2.30. The number of rotatable bonds is 0. The zero-order chi connectivity index (χ0) is 10.3. The second-order valence-corrected chi connectivity index (χ2v) is 3.07. The molecule has 1 aromatic carbocycles. The van der Waals surface area contributed by atoms with Gasteiger partial charge in [0, 0.05) is 18.2 Å². The van der Waals surface area contributed by atoms with Crippen LogP contribution in [0.3, 0.4) is 0 Å². The predicted molar refractivity (Wildman–Crippen MR) is 45.4 cm³/mol. The van der Waals surface area contributed by atoms with Gasteiger partial charge >= 0.3 is 6.09 Å². The van der Waals surface area contributed by atoms with Gasteiger partial charge in [0.25, 0.3) is 0 Å². The number of hydrogen-bond donors (Lipinski definition) is 1. The molecule has 0 saturated carbocycles. The maximum Gasteiger partial charge on any atom is 0.411 e. The van der Waals surface area contributed by atoms with Crippen molar-refractivity contribution in [2.24, 2.45) is 0 Å². The van der Waals surface area contributed by atoms with Crippen LogP contribution >= 0.6 is 0 Å². The van der Waals surface area contributed by atoms with E-state index >= 15 is 0 Å². The largest absolute Gasteiger partial charge is 0.465 e. The van der Waals surface area contributed by atoms with E-state index < -0.39 is 17.7 Å². The Morgan fingerprint density at radius 3 is 2.79 bits per heavy atom. The van der Waals surface area contributed by atoms with Gasteiger partial charge in [-0.05, 0) is 12.5 Å². The van der Waals surface area contributed by atoms with Crippen molar-refractivity contribution in [2.75, 3.05) is 11.4 Å². The number of hydrogen-bond acceptors (Lipinski definition) is 1. The standard InChI is InChI=1S/C9H7F2NO2/c10-5-3-7(11)6-1-2-12(9(13)14)8(6)4-5/h3-4H,1-2H2,(H,13,14). The van der Waals surface area contributed by atoms with Crippen LogP contribution in [-0.4, -0.2) is 17.7 Å². The number of halogens is 2. The summed E-state index contributed by atoms with van der Waals surface area (Å²) in [6.45, 7) is 0.186. The van der Waals surface area contributed by atoms with Gasteiger partial charge in [-0.25, -0.2) is 13.6 Å². The first-order valence-corrected chi connectivity index (χ1v) is 4.08. The third-order valence-electron chi connectivity index (χ3n) is 2.24. The zero-order valence-electron chi connectivity index (χ0n) is 7.13. The molecule has 1 aliphatic rings. The van der Waals surface area contributed by atoms with Crippen molar-refractivity contribution in [3.63, 3.8) is 0 Å². The summed E-state index contributed by atoms with van der Waals surface area (Å²) < 4.78 is 25.9. The predicted octanol–water partition coefficient (Wildman–Crippen LogP) is 2.01. The molecule has 74 valence electrons. The highest BCUT2D eigenvalue weighted by Gasteiger charge is 2.27. The molecule has 0 radical (unpaired) electrons. The summed E-state index contributed by atoms with van der Waals surface area (Å²) in [5, 5.41) is 8.72. The summed E-state index contributed by atoms with van der Waals surface area (Å²) in [6.07, 6.45) is -0.887. The van der Waals surface area contributed by atoms with Crippen molar-refractivity contribution in [3.05, 3.63) is 29.3 Å². The molecule has 0 fully saturated rings. The molecule has 1 amide bonds. The van der Waals surface area contributed by atoms with Crippen LogP contribution in [-0.2, 0) is 6.42 Å². The Morgan fingerprint density at radius 1 is 1.43 bits per heavy atom. The quantitative estimate of drug-likeness (QED) is 0.694. The lowest BCUT2D eigenvalue weighted by Gasteiger charge is -2.12. The van der Waals surface area contributed by atoms with E-state index in [0.29, 0.717) is 6.42 Å². The molecule has 14 heavy (non-hydrogen) atoms. The van der Waals surface area contributed by atoms with Crippen LogP contribution < -0.4 is 4.90 Å². The van der Waals surface area contributed by atoms with Gasteiger partial charge in [0.1, 0.15) is 11.6 Å². The van der Waals surface area contributed by atoms with Gasteiger partial charge < -0.3 is 5.11 Å². The fourth-order valence-corrected chi connectivity index (χ4v) is 1.62. The Kier molecular flexibility index (Phi) is 1.87. The van der Waals surface area contributed by atoms with Crippen LogP contribution in [0, 0.1) is 11.6 Å². The molecule has 0 unspecified atom stereocenters. The highest BCUT2D eigenvalue weighted by molar-refractivity contribution is 5.88. The molecule has 0 bridgehead atoms. The van der Waals surface area contributed by atoms with Gasteiger partial charge in [-0.15, -0.1) is 0 Å². The average Bonchev–Trinajstić information content (AvgIpc) is 2.47. The third-order valence-corrected chi connectivity index (χ3v) is 2.24. The minimum absolute atomic E-state index is 0.120. The maximum atomic E-state index is 13.1. The number of nitrogens with zero attached hydrogens (tertiary/aromatic N) is 1. The smallest absolute Gasteiger partial charge is 0.411 e. The number of carboxylic acid groups (broad SMARTS) is 1. The van der Waals surface area contributed by atoms with E-state index in [-0.39, 0.29) is 17.8 Å². The minimum Gasteiger partial charge on any atom is -0.465 e. The lowest BCUT2D eigenvalue weighted by molar-refractivity contribution is 0.202. The molecular weight excluding hydrogens is 192 g/mol. The molecule has 5 heteroatoms. The minimum atomic E-state index is -1.19. The Labute approximate surface area is 78.6 Å². The molecule has 2 rings (SSSR count). The molecule has 1 heterocycles. The molecular formula is C9H7F2NO2. The maximum absolute atomic E-state index is 13.1. The number of carbonyl (C=O) groups is 1. The van der Waals surface area contributed by atoms with Crippen LogP contribution in [0.4, 0.5) is 19.3 Å². The molecule has 0 spiro atoms. The molecule has 0 saturated heterocycles. The van der Waals surface area contributed by atoms with E-state index in [1.807, 2.05) is 0 Å². The number of fused-ring (bicyclic) bond motifs is 1. The monoisotopic (exact) mass is 199 g/mol. The van der Waals surface area contributed by atoms with Crippen LogP contribution in [0.2, 0.25) is 0 Å². The number of amides is 1. The fourth-order valence-electron chi connectivity index (χ4n) is 1.62. The fraction of sp³-hybridized carbons (Fsp3) is 0.222. The first-order chi connectivity index (χ1) is 6.59. The van der Waals surface area contributed by atoms with Gasteiger partial charge in [0.05, 0.1) is 5.69 Å². The van der Waals surface area contributed by atoms with Crippen molar-refractivity contribution in [3.8, 4) is 0 Å². The Bertz CT molecular complexity index is 406. The van der Waals surface area contributed by atoms with E-state index in [9.17, 15) is 13.6 Å². The summed E-state index contributed by atoms with van der Waals surface area (Å²) >= 11 is 0. The Balaban J connectivity index is 2.54. The van der Waals surface area contributed by atoms with Crippen LogP contribution in [0.25, 0.3) is 0 Å². The summed E-state index contributed by atoms with van der Waals surface area (Å²) in [5.74, 6) is -1.43. The van der Waals surface area contributed by atoms with E-state index in [1.54, 1.807) is 0 Å². The summed E-state index contributed by atoms with van der Waals surface area (Å²) in [5.41, 5.74) is 0.392. The zero-order valence-corrected chi connectivity index (χ0v) is 7.13. The summed E-state index contributed by atoms with van der Waals surface area (Å²) in [6, 6.07) is 1.81. The highest BCUT2D eigenvalue weighted by atomic mass is 19.1.